The van der Waals surface area contributed by atoms with E-state index in [4.69, 9.17) is 9.47 Å². The molecular weight excluding hydrogens is 552 g/mol. The lowest BCUT2D eigenvalue weighted by Crippen LogP contribution is -2.32. The van der Waals surface area contributed by atoms with Crippen LogP contribution in [0.1, 0.15) is 62.0 Å². The minimum Gasteiger partial charge on any atom is -0.445 e. The van der Waals surface area contributed by atoms with Crippen molar-refractivity contribution in [2.45, 2.75) is 58.4 Å². The first-order chi connectivity index (χ1) is 20.8. The van der Waals surface area contributed by atoms with Crippen molar-refractivity contribution in [1.29, 1.82) is 0 Å². The van der Waals surface area contributed by atoms with Crippen molar-refractivity contribution in [2.24, 2.45) is 5.92 Å². The molecule has 2 atom stereocenters. The van der Waals surface area contributed by atoms with Crippen molar-refractivity contribution in [3.63, 3.8) is 0 Å². The predicted octanol–water partition coefficient (Wildman–Crippen LogP) is 4.66. The maximum atomic E-state index is 13.4. The summed E-state index contributed by atoms with van der Waals surface area (Å²) in [6.45, 7) is 7.92. The number of hydrogen-bond acceptors (Lipinski definition) is 8. The molecule has 0 unspecified atom stereocenters. The molecule has 0 bridgehead atoms. The molecule has 3 rings (SSSR count). The van der Waals surface area contributed by atoms with E-state index in [1.807, 2.05) is 44.2 Å². The smallest absolute Gasteiger partial charge is 0.408 e. The van der Waals surface area contributed by atoms with Crippen molar-refractivity contribution in [2.75, 3.05) is 18.5 Å². The Hall–Kier alpha value is -4.71. The molecule has 3 amide bonds. The number of aliphatic hydroxyl groups excluding tert-OH is 1. The van der Waals surface area contributed by atoms with Crippen molar-refractivity contribution >= 4 is 23.8 Å². The topological polar surface area (TPSA) is 157 Å². The van der Waals surface area contributed by atoms with Gasteiger partial charge in [0.2, 0.25) is 5.91 Å². The molecular formula is C31H40N6O6. The second kappa shape index (κ2) is 17.3. The molecule has 2 aromatic carbocycles. The van der Waals surface area contributed by atoms with E-state index in [0.717, 1.165) is 11.1 Å². The summed E-state index contributed by atoms with van der Waals surface area (Å²) in [6, 6.07) is 15.0. The molecule has 0 saturated carbocycles. The lowest BCUT2D eigenvalue weighted by molar-refractivity contribution is -0.119. The number of hydrogen-bond donors (Lipinski definition) is 4. The van der Waals surface area contributed by atoms with Crippen molar-refractivity contribution in [3.8, 4) is 0 Å². The molecule has 230 valence electrons. The van der Waals surface area contributed by atoms with Gasteiger partial charge < -0.3 is 30.5 Å². The Morgan fingerprint density at radius 2 is 1.74 bits per heavy atom. The number of benzene rings is 2. The van der Waals surface area contributed by atoms with E-state index in [0.29, 0.717) is 37.2 Å². The third-order valence-corrected chi connectivity index (χ3v) is 6.53. The first kappa shape index (κ1) is 32.8. The van der Waals surface area contributed by atoms with Crippen LogP contribution in [0.5, 0.6) is 0 Å². The van der Waals surface area contributed by atoms with Crippen LogP contribution in [0.3, 0.4) is 0 Å². The van der Waals surface area contributed by atoms with E-state index < -0.39 is 24.3 Å². The summed E-state index contributed by atoms with van der Waals surface area (Å²) in [4.78, 5) is 37.7. The van der Waals surface area contributed by atoms with Crippen LogP contribution in [-0.2, 0) is 27.5 Å². The summed E-state index contributed by atoms with van der Waals surface area (Å²) in [5, 5.41) is 26.3. The Labute approximate surface area is 251 Å². The maximum Gasteiger partial charge on any atom is 0.408 e. The van der Waals surface area contributed by atoms with Crippen LogP contribution in [-0.4, -0.2) is 51.3 Å². The van der Waals surface area contributed by atoms with Crippen LogP contribution in [0.4, 0.5) is 15.3 Å². The summed E-state index contributed by atoms with van der Waals surface area (Å²) >= 11 is 0. The quantitative estimate of drug-likeness (QED) is 0.138. The summed E-state index contributed by atoms with van der Waals surface area (Å²) in [5.41, 5.74) is 2.66. The number of rotatable bonds is 16. The molecule has 1 heterocycles. The third-order valence-electron chi connectivity index (χ3n) is 6.53. The van der Waals surface area contributed by atoms with Gasteiger partial charge in [-0.25, -0.2) is 14.3 Å². The van der Waals surface area contributed by atoms with Crippen LogP contribution < -0.4 is 16.0 Å². The van der Waals surface area contributed by atoms with E-state index >= 15 is 0 Å². The monoisotopic (exact) mass is 592 g/mol. The number of aromatic nitrogens is 3. The fourth-order valence-corrected chi connectivity index (χ4v) is 4.20. The zero-order chi connectivity index (χ0) is 31.0. The van der Waals surface area contributed by atoms with Crippen LogP contribution in [0, 0.1) is 5.92 Å². The summed E-state index contributed by atoms with van der Waals surface area (Å²) in [7, 11) is 0. The average Bonchev–Trinajstić information content (AvgIpc) is 3.49. The largest absolute Gasteiger partial charge is 0.445 e. The fourth-order valence-electron chi connectivity index (χ4n) is 4.20. The summed E-state index contributed by atoms with van der Waals surface area (Å²) in [5.74, 6) is -0.346. The van der Waals surface area contributed by atoms with Crippen molar-refractivity contribution in [3.05, 3.63) is 90.3 Å². The van der Waals surface area contributed by atoms with Gasteiger partial charge in [0.25, 0.3) is 0 Å². The number of nitrogens with one attached hydrogen (secondary N) is 3. The maximum absolute atomic E-state index is 13.4. The van der Waals surface area contributed by atoms with E-state index in [1.54, 1.807) is 30.5 Å². The van der Waals surface area contributed by atoms with Crippen molar-refractivity contribution in [1.82, 2.24) is 25.6 Å². The normalized spacial score (nSPS) is 12.2. The molecule has 0 spiro atoms. The van der Waals surface area contributed by atoms with Gasteiger partial charge in [0.1, 0.15) is 24.9 Å². The number of anilines is 1. The van der Waals surface area contributed by atoms with Gasteiger partial charge in [0, 0.05) is 12.2 Å². The van der Waals surface area contributed by atoms with E-state index in [1.165, 1.54) is 10.8 Å². The first-order valence-electron chi connectivity index (χ1n) is 14.2. The molecule has 1 aromatic heterocycles. The predicted molar refractivity (Wildman–Crippen MR) is 161 cm³/mol. The highest BCUT2D eigenvalue weighted by atomic mass is 16.6. The first-order valence-corrected chi connectivity index (χ1v) is 14.2. The third kappa shape index (κ3) is 10.9. The summed E-state index contributed by atoms with van der Waals surface area (Å²) < 4.78 is 11.8. The van der Waals surface area contributed by atoms with Gasteiger partial charge in [-0.3, -0.25) is 4.79 Å². The molecule has 4 N–H and O–H groups in total. The van der Waals surface area contributed by atoms with Crippen LogP contribution in [0.15, 0.2) is 73.4 Å². The number of alkyl carbamates (subject to hydrolysis) is 2. The lowest BCUT2D eigenvalue weighted by atomic mass is 10.0. The average molecular weight is 593 g/mol. The number of nitrogens with zero attached hydrogens (tertiary/aromatic N) is 3. The molecule has 3 aromatic rings. The number of ether oxygens (including phenoxy) is 2. The molecule has 12 heteroatoms. The number of amides is 3. The molecule has 43 heavy (non-hydrogen) atoms. The van der Waals surface area contributed by atoms with Gasteiger partial charge in [-0.1, -0.05) is 74.2 Å². The van der Waals surface area contributed by atoms with Crippen molar-refractivity contribution < 1.29 is 29.0 Å². The van der Waals surface area contributed by atoms with Gasteiger partial charge in [-0.15, -0.1) is 5.10 Å². The summed E-state index contributed by atoms with van der Waals surface area (Å²) in [6.07, 6.45) is 3.63. The minimum absolute atomic E-state index is 0.0429. The number of aliphatic hydroxyl groups is 1. The molecule has 0 saturated heterocycles. The van der Waals surface area contributed by atoms with E-state index in [2.05, 4.69) is 32.8 Å². The van der Waals surface area contributed by atoms with Gasteiger partial charge in [0.15, 0.2) is 0 Å². The molecule has 0 fully saturated rings. The Bertz CT molecular complexity index is 1310. The highest BCUT2D eigenvalue weighted by molar-refractivity contribution is 5.93. The second-order valence-corrected chi connectivity index (χ2v) is 10.2. The van der Waals surface area contributed by atoms with Crippen LogP contribution in [0.25, 0.3) is 0 Å². The lowest BCUT2D eigenvalue weighted by Gasteiger charge is -2.20. The van der Waals surface area contributed by atoms with Gasteiger partial charge >= 0.3 is 12.2 Å². The van der Waals surface area contributed by atoms with Crippen LogP contribution in [0.2, 0.25) is 0 Å². The number of carbonyl (C=O) groups excluding carboxylic acids is 3. The second-order valence-electron chi connectivity index (χ2n) is 10.2. The van der Waals surface area contributed by atoms with E-state index in [-0.39, 0.29) is 31.6 Å². The fraction of sp³-hybridized carbons (Fsp3) is 0.387. The van der Waals surface area contributed by atoms with Gasteiger partial charge in [-0.05, 0) is 48.4 Å². The zero-order valence-electron chi connectivity index (χ0n) is 24.6. The Morgan fingerprint density at radius 1 is 1.00 bits per heavy atom. The molecule has 0 radical (unpaired) electrons. The minimum atomic E-state index is -0.718. The molecule has 0 aliphatic rings. The Morgan fingerprint density at radius 3 is 2.42 bits per heavy atom. The van der Waals surface area contributed by atoms with Gasteiger partial charge in [-0.2, -0.15) is 0 Å². The molecule has 12 nitrogen and oxygen atoms in total. The molecule has 0 aliphatic carbocycles. The zero-order valence-corrected chi connectivity index (χ0v) is 24.6. The standard InChI is InChI=1S/C31H40N6O6/c1-4-18-42-30(40)32-17-9-8-12-27(29(39)33-25-15-13-23(20-38)14-16-25)37-19-26(35-36-37)28(22(2)3)34-31(41)43-21-24-10-6-5-7-11-24/h4-7,10-11,13-16,19,22,27-28,38H,1,8-9,12,17-18,20-21H2,2-3H3,(H,32,40)(H,33,39)(H,34,41)/t27-,28-/m0/s1. The van der Waals surface area contributed by atoms with Crippen LogP contribution >= 0.6 is 0 Å². The number of carbonyl (C=O) groups is 3. The Kier molecular flexibility index (Phi) is 13.2. The van der Waals surface area contributed by atoms with Gasteiger partial charge in [0.05, 0.1) is 18.8 Å². The number of unbranched alkanes of at least 4 members (excludes halogenated alkanes) is 1. The Balaban J connectivity index is 1.68. The highest BCUT2D eigenvalue weighted by Gasteiger charge is 2.27. The van der Waals surface area contributed by atoms with E-state index in [9.17, 15) is 19.5 Å². The molecule has 0 aliphatic heterocycles. The highest BCUT2D eigenvalue weighted by Crippen LogP contribution is 2.23. The SMILES string of the molecule is C=CCOC(=O)NCCCC[C@@H](C(=O)Nc1ccc(CO)cc1)n1cc([C@@H](NC(=O)OCc2ccccc2)C(C)C)nn1.